The molecule has 0 radical (unpaired) electrons. The number of benzene rings is 2. The number of nitrogens with two attached hydrogens (primary N) is 1. The average Bonchev–Trinajstić information content (AvgIpc) is 3.31. The molecule has 0 unspecified atom stereocenters. The standard InChI is InChI=1S/C27H33N5O/c28-22-15-16-26-25(20-22)27(33)17-19-31(26)18-11-6-4-2-1-3-5-8-14-24-21-29-30-32(24)23-12-9-7-10-13-23/h7,9-10,12-13,15-17,19-21H,1-6,8,11,14,18,28H2. The van der Waals surface area contributed by atoms with Gasteiger partial charge in [-0.1, -0.05) is 61.9 Å². The van der Waals surface area contributed by atoms with Crippen molar-refractivity contribution in [3.05, 3.63) is 82.9 Å². The molecule has 0 bridgehead atoms. The van der Waals surface area contributed by atoms with Gasteiger partial charge >= 0.3 is 0 Å². The van der Waals surface area contributed by atoms with E-state index in [1.165, 1.54) is 50.6 Å². The van der Waals surface area contributed by atoms with Crippen molar-refractivity contribution >= 4 is 16.6 Å². The third-order valence-corrected chi connectivity index (χ3v) is 6.20. The Morgan fingerprint density at radius 3 is 2.33 bits per heavy atom. The highest BCUT2D eigenvalue weighted by Crippen LogP contribution is 2.16. The number of anilines is 1. The van der Waals surface area contributed by atoms with Crippen LogP contribution >= 0.6 is 0 Å². The van der Waals surface area contributed by atoms with Gasteiger partial charge in [0.1, 0.15) is 0 Å². The number of nitrogens with zero attached hydrogens (tertiary/aromatic N) is 4. The number of hydrogen-bond acceptors (Lipinski definition) is 4. The summed E-state index contributed by atoms with van der Waals surface area (Å²) in [4.78, 5) is 12.1. The van der Waals surface area contributed by atoms with Crippen molar-refractivity contribution in [3.63, 3.8) is 0 Å². The van der Waals surface area contributed by atoms with Crippen LogP contribution in [0.2, 0.25) is 0 Å². The molecule has 0 aliphatic heterocycles. The Morgan fingerprint density at radius 1 is 0.818 bits per heavy atom. The highest BCUT2D eigenvalue weighted by atomic mass is 16.1. The van der Waals surface area contributed by atoms with E-state index in [2.05, 4.69) is 27.0 Å². The largest absolute Gasteiger partial charge is 0.399 e. The van der Waals surface area contributed by atoms with Crippen molar-refractivity contribution in [2.75, 3.05) is 5.73 Å². The lowest BCUT2D eigenvalue weighted by Crippen LogP contribution is -2.08. The first-order valence-corrected chi connectivity index (χ1v) is 12.1. The van der Waals surface area contributed by atoms with Gasteiger partial charge in [0.25, 0.3) is 0 Å². The second kappa shape index (κ2) is 11.5. The molecule has 33 heavy (non-hydrogen) atoms. The average molecular weight is 444 g/mol. The van der Waals surface area contributed by atoms with E-state index >= 15 is 0 Å². The first kappa shape index (κ1) is 22.8. The van der Waals surface area contributed by atoms with Gasteiger partial charge < -0.3 is 10.3 Å². The summed E-state index contributed by atoms with van der Waals surface area (Å²) in [6.07, 6.45) is 14.7. The number of aromatic nitrogens is 4. The van der Waals surface area contributed by atoms with Crippen molar-refractivity contribution in [1.82, 2.24) is 19.6 Å². The number of fused-ring (bicyclic) bond motifs is 1. The van der Waals surface area contributed by atoms with Crippen LogP contribution in [0.3, 0.4) is 0 Å². The number of pyridine rings is 1. The first-order chi connectivity index (χ1) is 16.2. The minimum absolute atomic E-state index is 0.0364. The van der Waals surface area contributed by atoms with Crippen molar-refractivity contribution in [1.29, 1.82) is 0 Å². The van der Waals surface area contributed by atoms with Crippen LogP contribution in [0.5, 0.6) is 0 Å². The van der Waals surface area contributed by atoms with E-state index in [1.54, 1.807) is 12.1 Å². The Balaban J connectivity index is 1.10. The molecule has 172 valence electrons. The lowest BCUT2D eigenvalue weighted by molar-refractivity contribution is 0.542. The summed E-state index contributed by atoms with van der Waals surface area (Å²) in [5, 5.41) is 9.03. The Bertz CT molecular complexity index is 1210. The van der Waals surface area contributed by atoms with E-state index in [1.807, 2.05) is 47.4 Å². The molecule has 0 fully saturated rings. The lowest BCUT2D eigenvalue weighted by Gasteiger charge is -2.11. The van der Waals surface area contributed by atoms with Crippen LogP contribution in [0.25, 0.3) is 16.6 Å². The Labute approximate surface area is 195 Å². The minimum Gasteiger partial charge on any atom is -0.399 e. The van der Waals surface area contributed by atoms with Crippen molar-refractivity contribution in [2.45, 2.75) is 64.3 Å². The molecule has 2 aromatic heterocycles. The fourth-order valence-electron chi connectivity index (χ4n) is 4.39. The van der Waals surface area contributed by atoms with Gasteiger partial charge in [0.2, 0.25) is 0 Å². The van der Waals surface area contributed by atoms with Gasteiger partial charge in [-0.25, -0.2) is 4.68 Å². The normalized spacial score (nSPS) is 11.3. The molecular weight excluding hydrogens is 410 g/mol. The summed E-state index contributed by atoms with van der Waals surface area (Å²) in [6.45, 7) is 0.934. The highest BCUT2D eigenvalue weighted by Gasteiger charge is 2.06. The molecule has 6 heteroatoms. The molecule has 0 saturated carbocycles. The van der Waals surface area contributed by atoms with Crippen molar-refractivity contribution in [2.24, 2.45) is 0 Å². The smallest absolute Gasteiger partial charge is 0.189 e. The Morgan fingerprint density at radius 2 is 1.55 bits per heavy atom. The van der Waals surface area contributed by atoms with Gasteiger partial charge in [0.15, 0.2) is 5.43 Å². The summed E-state index contributed by atoms with van der Waals surface area (Å²) in [5.74, 6) is 0. The van der Waals surface area contributed by atoms with Crippen LogP contribution < -0.4 is 11.2 Å². The molecule has 0 amide bonds. The molecule has 0 saturated heterocycles. The van der Waals surface area contributed by atoms with Gasteiger partial charge in [-0.3, -0.25) is 4.79 Å². The summed E-state index contributed by atoms with van der Waals surface area (Å²) in [7, 11) is 0. The molecule has 6 nitrogen and oxygen atoms in total. The van der Waals surface area contributed by atoms with E-state index in [-0.39, 0.29) is 5.43 Å². The topological polar surface area (TPSA) is 78.7 Å². The fraction of sp³-hybridized carbons (Fsp3) is 0.370. The third kappa shape index (κ3) is 6.09. The summed E-state index contributed by atoms with van der Waals surface area (Å²) in [6, 6.07) is 17.4. The van der Waals surface area contributed by atoms with Crippen LogP contribution in [-0.4, -0.2) is 19.6 Å². The molecular formula is C27H33N5O. The maximum absolute atomic E-state index is 12.1. The highest BCUT2D eigenvalue weighted by molar-refractivity contribution is 5.82. The molecule has 2 heterocycles. The maximum atomic E-state index is 12.1. The number of para-hydroxylation sites is 1. The Hall–Kier alpha value is -3.41. The summed E-state index contributed by atoms with van der Waals surface area (Å²) >= 11 is 0. The van der Waals surface area contributed by atoms with Gasteiger partial charge in [-0.05, 0) is 49.6 Å². The molecule has 0 atom stereocenters. The molecule has 4 aromatic rings. The van der Waals surface area contributed by atoms with Crippen LogP contribution in [0.15, 0.2) is 71.8 Å². The predicted octanol–water partition coefficient (Wildman–Crippen LogP) is 5.53. The number of unbranched alkanes of at least 4 members (excludes halogenated alkanes) is 7. The van der Waals surface area contributed by atoms with Gasteiger partial charge in [0.05, 0.1) is 23.1 Å². The van der Waals surface area contributed by atoms with Gasteiger partial charge in [-0.2, -0.15) is 0 Å². The maximum Gasteiger partial charge on any atom is 0.189 e. The molecule has 0 aliphatic rings. The molecule has 4 rings (SSSR count). The second-order valence-corrected chi connectivity index (χ2v) is 8.70. The zero-order valence-corrected chi connectivity index (χ0v) is 19.2. The van der Waals surface area contributed by atoms with E-state index in [0.717, 1.165) is 30.6 Å². The molecule has 0 aliphatic carbocycles. The molecule has 0 spiro atoms. The van der Waals surface area contributed by atoms with Crippen molar-refractivity contribution < 1.29 is 0 Å². The summed E-state index contributed by atoms with van der Waals surface area (Å²) in [5.41, 5.74) is 9.74. The van der Waals surface area contributed by atoms with Crippen LogP contribution in [-0.2, 0) is 13.0 Å². The van der Waals surface area contributed by atoms with Crippen LogP contribution in [0.4, 0.5) is 5.69 Å². The van der Waals surface area contributed by atoms with Gasteiger partial charge in [-0.15, -0.1) is 5.10 Å². The number of rotatable bonds is 12. The fourth-order valence-corrected chi connectivity index (χ4v) is 4.39. The minimum atomic E-state index is 0.0364. The molecule has 2 N–H and O–H groups in total. The quantitative estimate of drug-likeness (QED) is 0.231. The van der Waals surface area contributed by atoms with E-state index in [4.69, 9.17) is 5.73 Å². The third-order valence-electron chi connectivity index (χ3n) is 6.20. The zero-order chi connectivity index (χ0) is 22.9. The lowest BCUT2D eigenvalue weighted by atomic mass is 10.1. The SMILES string of the molecule is Nc1ccc2c(c1)c(=O)ccn2CCCCCCCCCCc1cnnn1-c1ccccc1. The Kier molecular flexibility index (Phi) is 7.90. The number of hydrogen-bond donors (Lipinski definition) is 1. The molecule has 2 aromatic carbocycles. The van der Waals surface area contributed by atoms with Crippen molar-refractivity contribution in [3.8, 4) is 5.69 Å². The van der Waals surface area contributed by atoms with Gasteiger partial charge in [0, 0.05) is 29.9 Å². The van der Waals surface area contributed by atoms with E-state index < -0.39 is 0 Å². The monoisotopic (exact) mass is 443 g/mol. The van der Waals surface area contributed by atoms with Crippen LogP contribution in [0.1, 0.15) is 57.1 Å². The predicted molar refractivity (Wildman–Crippen MR) is 135 cm³/mol. The van der Waals surface area contributed by atoms with E-state index in [0.29, 0.717) is 11.1 Å². The van der Waals surface area contributed by atoms with E-state index in [9.17, 15) is 4.79 Å². The van der Waals surface area contributed by atoms with Crippen LogP contribution in [0, 0.1) is 0 Å². The second-order valence-electron chi connectivity index (χ2n) is 8.70. The zero-order valence-electron chi connectivity index (χ0n) is 19.2. The number of nitrogen functional groups attached to an aromatic ring is 1. The first-order valence-electron chi connectivity index (χ1n) is 12.1. The number of aryl methyl sites for hydroxylation is 2. The summed E-state index contributed by atoms with van der Waals surface area (Å²) < 4.78 is 4.12.